The van der Waals surface area contributed by atoms with Gasteiger partial charge in [0.15, 0.2) is 0 Å². The van der Waals surface area contributed by atoms with Gasteiger partial charge in [-0.3, -0.25) is 4.79 Å². The van der Waals surface area contributed by atoms with E-state index < -0.39 is 0 Å². The van der Waals surface area contributed by atoms with Gasteiger partial charge in [-0.15, -0.1) is 0 Å². The van der Waals surface area contributed by atoms with E-state index >= 15 is 0 Å². The molecule has 1 aromatic carbocycles. The van der Waals surface area contributed by atoms with Crippen molar-refractivity contribution in [1.29, 1.82) is 0 Å². The maximum Gasteiger partial charge on any atom is 0.226 e. The number of hydrogen-bond donors (Lipinski definition) is 1. The second kappa shape index (κ2) is 8.70. The van der Waals surface area contributed by atoms with E-state index in [1.54, 1.807) is 4.90 Å². The Bertz CT molecular complexity index is 559. The standard InChI is InChI=1S/C21H32N2O2/c1-3-25-20-7-5-4-6-19(20)16-22-12-10-18(11-13-22)21(24)23-14-8-17(2)9-15-23/h4-7,17-18H,3,8-16H2,1-2H3/p+1. The van der Waals surface area contributed by atoms with Crippen LogP contribution < -0.4 is 9.64 Å². The number of rotatable bonds is 5. The van der Waals surface area contributed by atoms with Gasteiger partial charge < -0.3 is 14.5 Å². The molecular weight excluding hydrogens is 312 g/mol. The maximum atomic E-state index is 12.8. The molecule has 0 aromatic heterocycles. The van der Waals surface area contributed by atoms with E-state index in [0.717, 1.165) is 57.2 Å². The van der Waals surface area contributed by atoms with Crippen molar-refractivity contribution in [2.24, 2.45) is 11.8 Å². The fourth-order valence-electron chi connectivity index (χ4n) is 4.15. The average Bonchev–Trinajstić information content (AvgIpc) is 2.64. The topological polar surface area (TPSA) is 34.0 Å². The van der Waals surface area contributed by atoms with Gasteiger partial charge in [0, 0.05) is 37.4 Å². The number of benzene rings is 1. The Morgan fingerprint density at radius 1 is 1.16 bits per heavy atom. The summed E-state index contributed by atoms with van der Waals surface area (Å²) in [7, 11) is 0. The smallest absolute Gasteiger partial charge is 0.226 e. The van der Waals surface area contributed by atoms with Gasteiger partial charge in [-0.1, -0.05) is 19.1 Å². The zero-order chi connectivity index (χ0) is 17.6. The monoisotopic (exact) mass is 345 g/mol. The minimum Gasteiger partial charge on any atom is -0.493 e. The maximum absolute atomic E-state index is 12.8. The van der Waals surface area contributed by atoms with Crippen molar-refractivity contribution in [3.63, 3.8) is 0 Å². The molecule has 0 spiro atoms. The Morgan fingerprint density at radius 3 is 2.52 bits per heavy atom. The predicted molar refractivity (Wildman–Crippen MR) is 99.7 cm³/mol. The number of amides is 1. The molecule has 0 atom stereocenters. The third kappa shape index (κ3) is 4.75. The van der Waals surface area contributed by atoms with Crippen LogP contribution in [0.15, 0.2) is 24.3 Å². The summed E-state index contributed by atoms with van der Waals surface area (Å²) in [6.07, 6.45) is 4.39. The van der Waals surface area contributed by atoms with E-state index in [-0.39, 0.29) is 5.92 Å². The zero-order valence-electron chi connectivity index (χ0n) is 15.8. The van der Waals surface area contributed by atoms with E-state index in [0.29, 0.717) is 12.5 Å². The minimum absolute atomic E-state index is 0.249. The van der Waals surface area contributed by atoms with Crippen LogP contribution in [0.3, 0.4) is 0 Å². The van der Waals surface area contributed by atoms with Gasteiger partial charge in [-0.05, 0) is 37.8 Å². The quantitative estimate of drug-likeness (QED) is 0.887. The highest BCUT2D eigenvalue weighted by Gasteiger charge is 2.32. The predicted octanol–water partition coefficient (Wildman–Crippen LogP) is 2.14. The van der Waals surface area contributed by atoms with Gasteiger partial charge in [0.05, 0.1) is 19.7 Å². The van der Waals surface area contributed by atoms with Crippen LogP contribution in [-0.4, -0.2) is 43.6 Å². The molecule has 0 unspecified atom stereocenters. The van der Waals surface area contributed by atoms with Gasteiger partial charge >= 0.3 is 0 Å². The van der Waals surface area contributed by atoms with Crippen molar-refractivity contribution < 1.29 is 14.4 Å². The second-order valence-corrected chi connectivity index (χ2v) is 7.75. The van der Waals surface area contributed by atoms with Crippen molar-refractivity contribution in [2.75, 3.05) is 32.8 Å². The summed E-state index contributed by atoms with van der Waals surface area (Å²) >= 11 is 0. The number of para-hydroxylation sites is 1. The summed E-state index contributed by atoms with van der Waals surface area (Å²) in [4.78, 5) is 16.5. The number of carbonyl (C=O) groups excluding carboxylic acids is 1. The Kier molecular flexibility index (Phi) is 6.35. The Morgan fingerprint density at radius 2 is 1.84 bits per heavy atom. The molecule has 1 N–H and O–H groups in total. The van der Waals surface area contributed by atoms with E-state index in [1.165, 1.54) is 18.4 Å². The van der Waals surface area contributed by atoms with E-state index in [9.17, 15) is 4.79 Å². The van der Waals surface area contributed by atoms with Gasteiger partial charge in [-0.25, -0.2) is 0 Å². The molecule has 2 fully saturated rings. The first kappa shape index (κ1) is 18.2. The van der Waals surface area contributed by atoms with Crippen LogP contribution in [-0.2, 0) is 11.3 Å². The van der Waals surface area contributed by atoms with Gasteiger partial charge in [0.25, 0.3) is 0 Å². The van der Waals surface area contributed by atoms with Gasteiger partial charge in [0.1, 0.15) is 12.3 Å². The molecule has 2 aliphatic heterocycles. The molecule has 138 valence electrons. The first-order valence-corrected chi connectivity index (χ1v) is 10.0. The molecule has 1 aromatic rings. The summed E-state index contributed by atoms with van der Waals surface area (Å²) in [5.74, 6) is 2.46. The SMILES string of the molecule is CCOc1ccccc1C[NH+]1CCC(C(=O)N2CCC(C)CC2)CC1. The van der Waals surface area contributed by atoms with Crippen molar-refractivity contribution >= 4 is 5.91 Å². The minimum atomic E-state index is 0.249. The molecule has 4 heteroatoms. The summed E-state index contributed by atoms with van der Waals surface area (Å²) in [5, 5.41) is 0. The molecular formula is C21H33N2O2+. The summed E-state index contributed by atoms with van der Waals surface area (Å²) in [6, 6.07) is 8.36. The molecule has 1 amide bonds. The zero-order valence-corrected chi connectivity index (χ0v) is 15.8. The van der Waals surface area contributed by atoms with E-state index in [4.69, 9.17) is 4.74 Å². The van der Waals surface area contributed by atoms with Crippen molar-refractivity contribution in [2.45, 2.75) is 46.1 Å². The first-order valence-electron chi connectivity index (χ1n) is 10.0. The lowest BCUT2D eigenvalue weighted by molar-refractivity contribution is -0.919. The van der Waals surface area contributed by atoms with Crippen molar-refractivity contribution in [1.82, 2.24) is 4.90 Å². The van der Waals surface area contributed by atoms with Crippen LogP contribution in [0.5, 0.6) is 5.75 Å². The molecule has 2 heterocycles. The van der Waals surface area contributed by atoms with Crippen LogP contribution in [0.1, 0.15) is 45.1 Å². The largest absolute Gasteiger partial charge is 0.493 e. The highest BCUT2D eigenvalue weighted by atomic mass is 16.5. The van der Waals surface area contributed by atoms with E-state index in [1.807, 2.05) is 13.0 Å². The molecule has 0 radical (unpaired) electrons. The fraction of sp³-hybridized carbons (Fsp3) is 0.667. The summed E-state index contributed by atoms with van der Waals surface area (Å²) in [6.45, 7) is 10.1. The number of nitrogens with zero attached hydrogens (tertiary/aromatic N) is 1. The summed E-state index contributed by atoms with van der Waals surface area (Å²) in [5.41, 5.74) is 1.29. The lowest BCUT2D eigenvalue weighted by Crippen LogP contribution is -3.11. The van der Waals surface area contributed by atoms with Crippen LogP contribution in [0.2, 0.25) is 0 Å². The number of nitrogens with one attached hydrogen (secondary N) is 1. The number of quaternary nitrogens is 1. The molecule has 2 saturated heterocycles. The number of hydrogen-bond acceptors (Lipinski definition) is 2. The van der Waals surface area contributed by atoms with Crippen LogP contribution >= 0.6 is 0 Å². The molecule has 3 rings (SSSR count). The van der Waals surface area contributed by atoms with Crippen molar-refractivity contribution in [3.05, 3.63) is 29.8 Å². The number of piperidine rings is 2. The molecule has 25 heavy (non-hydrogen) atoms. The lowest BCUT2D eigenvalue weighted by atomic mass is 9.92. The van der Waals surface area contributed by atoms with Gasteiger partial charge in [0.2, 0.25) is 5.91 Å². The average molecular weight is 346 g/mol. The van der Waals surface area contributed by atoms with Gasteiger partial charge in [-0.2, -0.15) is 0 Å². The van der Waals surface area contributed by atoms with Crippen molar-refractivity contribution in [3.8, 4) is 5.75 Å². The van der Waals surface area contributed by atoms with E-state index in [2.05, 4.69) is 30.0 Å². The third-order valence-corrected chi connectivity index (χ3v) is 5.85. The number of ether oxygens (including phenoxy) is 1. The lowest BCUT2D eigenvalue weighted by Gasteiger charge is -2.35. The number of carbonyl (C=O) groups is 1. The molecule has 0 bridgehead atoms. The number of likely N-dealkylation sites (tertiary alicyclic amines) is 2. The van der Waals surface area contributed by atoms with Crippen LogP contribution in [0.4, 0.5) is 0 Å². The Labute approximate surface area is 152 Å². The molecule has 0 aliphatic carbocycles. The second-order valence-electron chi connectivity index (χ2n) is 7.75. The molecule has 0 saturated carbocycles. The highest BCUT2D eigenvalue weighted by Crippen LogP contribution is 2.21. The first-order chi connectivity index (χ1) is 12.2. The van der Waals surface area contributed by atoms with Crippen LogP contribution in [0.25, 0.3) is 0 Å². The highest BCUT2D eigenvalue weighted by molar-refractivity contribution is 5.79. The fourth-order valence-corrected chi connectivity index (χ4v) is 4.15. The molecule has 2 aliphatic rings. The Balaban J connectivity index is 1.49. The third-order valence-electron chi connectivity index (χ3n) is 5.85. The van der Waals surface area contributed by atoms with Crippen LogP contribution in [0, 0.1) is 11.8 Å². The molecule has 4 nitrogen and oxygen atoms in total. The normalized spacial score (nSPS) is 25.0. The summed E-state index contributed by atoms with van der Waals surface area (Å²) < 4.78 is 5.75. The Hall–Kier alpha value is -1.55.